The number of para-hydroxylation sites is 1. The fourth-order valence-electron chi connectivity index (χ4n) is 2.10. The number of aryl methyl sites for hydroxylation is 1. The number of hydrogen-bond acceptors (Lipinski definition) is 5. The monoisotopic (exact) mass is 284 g/mol. The smallest absolute Gasteiger partial charge is 0.202 e. The zero-order valence-electron chi connectivity index (χ0n) is 11.6. The van der Waals surface area contributed by atoms with Crippen LogP contribution in [-0.2, 0) is 0 Å². The molecule has 3 aromatic rings. The van der Waals surface area contributed by atoms with E-state index in [1.165, 1.54) is 22.5 Å². The first kappa shape index (κ1) is 13.0. The van der Waals surface area contributed by atoms with E-state index in [-0.39, 0.29) is 0 Å². The number of pyridine rings is 1. The van der Waals surface area contributed by atoms with Crippen LogP contribution in [0.2, 0.25) is 0 Å². The van der Waals surface area contributed by atoms with Crippen molar-refractivity contribution in [2.45, 2.75) is 20.3 Å². The van der Waals surface area contributed by atoms with Gasteiger partial charge < -0.3 is 5.32 Å². The zero-order chi connectivity index (χ0) is 13.9. The molecule has 5 heteroatoms. The Morgan fingerprint density at radius 2 is 2.05 bits per heavy atom. The number of fused-ring (bicyclic) bond motifs is 1. The Bertz CT molecular complexity index is 736. The molecule has 1 aromatic carbocycles. The van der Waals surface area contributed by atoms with Crippen molar-refractivity contribution >= 4 is 27.6 Å². The summed E-state index contributed by atoms with van der Waals surface area (Å²) in [5, 5.41) is 5.29. The Hall–Kier alpha value is -2.01. The minimum Gasteiger partial charge on any atom is -0.360 e. The van der Waals surface area contributed by atoms with Gasteiger partial charge in [0.2, 0.25) is 5.13 Å². The summed E-state index contributed by atoms with van der Waals surface area (Å²) in [6.45, 7) is 5.14. The Labute approximate surface area is 122 Å². The molecule has 0 atom stereocenters. The van der Waals surface area contributed by atoms with Gasteiger partial charge in [-0.05, 0) is 31.0 Å². The third-order valence-corrected chi connectivity index (χ3v) is 3.78. The van der Waals surface area contributed by atoms with E-state index < -0.39 is 0 Å². The maximum absolute atomic E-state index is 4.65. The number of benzene rings is 1. The second-order valence-corrected chi connectivity index (χ2v) is 5.44. The Balaban J connectivity index is 1.99. The van der Waals surface area contributed by atoms with Crippen molar-refractivity contribution in [3.63, 3.8) is 0 Å². The summed E-state index contributed by atoms with van der Waals surface area (Å²) in [4.78, 5) is 9.15. The molecule has 0 aliphatic carbocycles. The van der Waals surface area contributed by atoms with Gasteiger partial charge in [0.05, 0.1) is 5.52 Å². The number of nitrogens with one attached hydrogen (secondary N) is 1. The molecule has 1 N–H and O–H groups in total. The summed E-state index contributed by atoms with van der Waals surface area (Å²) < 4.78 is 4.39. The largest absolute Gasteiger partial charge is 0.360 e. The van der Waals surface area contributed by atoms with Gasteiger partial charge >= 0.3 is 0 Å². The van der Waals surface area contributed by atoms with Crippen molar-refractivity contribution in [3.8, 4) is 11.5 Å². The lowest BCUT2D eigenvalue weighted by Crippen LogP contribution is -1.98. The highest BCUT2D eigenvalue weighted by molar-refractivity contribution is 7.09. The van der Waals surface area contributed by atoms with Crippen LogP contribution in [-0.4, -0.2) is 20.9 Å². The molecule has 0 radical (unpaired) electrons. The summed E-state index contributed by atoms with van der Waals surface area (Å²) in [5.74, 6) is 0.697. The molecule has 2 heterocycles. The second-order valence-electron chi connectivity index (χ2n) is 4.69. The molecule has 0 amide bonds. The fraction of sp³-hybridized carbons (Fsp3) is 0.267. The van der Waals surface area contributed by atoms with Gasteiger partial charge in [0, 0.05) is 23.5 Å². The summed E-state index contributed by atoms with van der Waals surface area (Å²) in [6, 6.07) is 10.2. The summed E-state index contributed by atoms with van der Waals surface area (Å²) in [6.07, 6.45) is 1.07. The molecule has 0 aliphatic heterocycles. The number of rotatable bonds is 4. The van der Waals surface area contributed by atoms with Crippen LogP contribution in [0.3, 0.4) is 0 Å². The number of hydrogen-bond donors (Lipinski definition) is 1. The number of anilines is 1. The van der Waals surface area contributed by atoms with Gasteiger partial charge in [-0.25, -0.2) is 4.98 Å². The van der Waals surface area contributed by atoms with Crippen LogP contribution in [0.5, 0.6) is 0 Å². The molecule has 0 aliphatic rings. The highest BCUT2D eigenvalue weighted by atomic mass is 32.1. The molecule has 0 saturated heterocycles. The molecule has 20 heavy (non-hydrogen) atoms. The summed E-state index contributed by atoms with van der Waals surface area (Å²) in [7, 11) is 0. The fourth-order valence-corrected chi connectivity index (χ4v) is 2.70. The topological polar surface area (TPSA) is 50.7 Å². The van der Waals surface area contributed by atoms with Gasteiger partial charge in [-0.2, -0.15) is 9.36 Å². The third-order valence-electron chi connectivity index (χ3n) is 3.10. The van der Waals surface area contributed by atoms with Crippen LogP contribution in [0.15, 0.2) is 30.3 Å². The lowest BCUT2D eigenvalue weighted by atomic mass is 10.1. The highest BCUT2D eigenvalue weighted by Gasteiger charge is 2.10. The van der Waals surface area contributed by atoms with Crippen molar-refractivity contribution < 1.29 is 0 Å². The predicted molar refractivity (Wildman–Crippen MR) is 84.2 cm³/mol. The lowest BCUT2D eigenvalue weighted by Gasteiger charge is -2.03. The van der Waals surface area contributed by atoms with Crippen molar-refractivity contribution in [2.75, 3.05) is 11.9 Å². The minimum absolute atomic E-state index is 0.697. The van der Waals surface area contributed by atoms with E-state index in [2.05, 4.69) is 39.6 Å². The van der Waals surface area contributed by atoms with Gasteiger partial charge in [-0.15, -0.1) is 0 Å². The Morgan fingerprint density at radius 1 is 1.20 bits per heavy atom. The van der Waals surface area contributed by atoms with Crippen LogP contribution >= 0.6 is 11.5 Å². The molecule has 0 unspecified atom stereocenters. The van der Waals surface area contributed by atoms with E-state index >= 15 is 0 Å². The highest BCUT2D eigenvalue weighted by Crippen LogP contribution is 2.24. The van der Waals surface area contributed by atoms with E-state index in [0.29, 0.717) is 5.82 Å². The second kappa shape index (κ2) is 5.54. The molecule has 102 valence electrons. The zero-order valence-corrected chi connectivity index (χ0v) is 12.4. The standard InChI is InChI=1S/C15H16N4S/c1-3-8-16-15-18-14(19-20-15)13-9-10(2)11-6-4-5-7-12(11)17-13/h4-7,9H,3,8H2,1-2H3,(H,16,18,19). The first-order chi connectivity index (χ1) is 9.78. The van der Waals surface area contributed by atoms with Gasteiger partial charge in [0.15, 0.2) is 5.82 Å². The average Bonchev–Trinajstić information content (AvgIpc) is 2.94. The van der Waals surface area contributed by atoms with Crippen LogP contribution in [0.25, 0.3) is 22.4 Å². The number of aromatic nitrogens is 3. The van der Waals surface area contributed by atoms with Crippen LogP contribution in [0.1, 0.15) is 18.9 Å². The summed E-state index contributed by atoms with van der Waals surface area (Å²) >= 11 is 1.38. The van der Waals surface area contributed by atoms with Crippen molar-refractivity contribution in [1.29, 1.82) is 0 Å². The van der Waals surface area contributed by atoms with Gasteiger partial charge in [0.1, 0.15) is 5.69 Å². The molecule has 0 spiro atoms. The normalized spacial score (nSPS) is 10.9. The van der Waals surface area contributed by atoms with Crippen molar-refractivity contribution in [2.24, 2.45) is 0 Å². The SMILES string of the molecule is CCCNc1nc(-c2cc(C)c3ccccc3n2)ns1. The molecule has 0 saturated carbocycles. The molecular formula is C15H16N4S. The maximum Gasteiger partial charge on any atom is 0.202 e. The molecule has 0 fully saturated rings. The Morgan fingerprint density at radius 3 is 2.90 bits per heavy atom. The molecular weight excluding hydrogens is 268 g/mol. The van der Waals surface area contributed by atoms with Crippen LogP contribution < -0.4 is 5.32 Å². The van der Waals surface area contributed by atoms with Gasteiger partial charge in [0.25, 0.3) is 0 Å². The van der Waals surface area contributed by atoms with Crippen molar-refractivity contribution in [3.05, 3.63) is 35.9 Å². The van der Waals surface area contributed by atoms with E-state index in [1.54, 1.807) is 0 Å². The van der Waals surface area contributed by atoms with E-state index in [1.807, 2.05) is 24.3 Å². The lowest BCUT2D eigenvalue weighted by molar-refractivity contribution is 0.976. The average molecular weight is 284 g/mol. The van der Waals surface area contributed by atoms with E-state index in [4.69, 9.17) is 0 Å². The van der Waals surface area contributed by atoms with E-state index in [0.717, 1.165) is 29.3 Å². The predicted octanol–water partition coefficient (Wildman–Crippen LogP) is 3.88. The summed E-state index contributed by atoms with van der Waals surface area (Å²) in [5.41, 5.74) is 3.02. The molecule has 4 nitrogen and oxygen atoms in total. The van der Waals surface area contributed by atoms with Crippen LogP contribution in [0, 0.1) is 6.92 Å². The first-order valence-electron chi connectivity index (χ1n) is 6.72. The number of nitrogens with zero attached hydrogens (tertiary/aromatic N) is 3. The minimum atomic E-state index is 0.697. The quantitative estimate of drug-likeness (QED) is 0.790. The first-order valence-corrected chi connectivity index (χ1v) is 7.49. The van der Waals surface area contributed by atoms with Crippen LogP contribution in [0.4, 0.5) is 5.13 Å². The Kier molecular flexibility index (Phi) is 3.60. The molecule has 2 aromatic heterocycles. The van der Waals surface area contributed by atoms with Gasteiger partial charge in [-0.3, -0.25) is 0 Å². The van der Waals surface area contributed by atoms with E-state index in [9.17, 15) is 0 Å². The molecule has 3 rings (SSSR count). The maximum atomic E-state index is 4.65. The van der Waals surface area contributed by atoms with Crippen molar-refractivity contribution in [1.82, 2.24) is 14.3 Å². The van der Waals surface area contributed by atoms with Gasteiger partial charge in [-0.1, -0.05) is 25.1 Å². The third kappa shape index (κ3) is 2.49. The molecule has 0 bridgehead atoms.